The maximum Gasteiger partial charge on any atom is 0.231 e. The fourth-order valence-electron chi connectivity index (χ4n) is 3.37. The lowest BCUT2D eigenvalue weighted by Crippen LogP contribution is -2.13. The molecule has 0 bridgehead atoms. The van der Waals surface area contributed by atoms with E-state index in [0.717, 1.165) is 18.5 Å². The highest BCUT2D eigenvalue weighted by molar-refractivity contribution is 7.92. The summed E-state index contributed by atoms with van der Waals surface area (Å²) in [5.41, 5.74) is 3.58. The van der Waals surface area contributed by atoms with Gasteiger partial charge < -0.3 is 4.74 Å². The predicted molar refractivity (Wildman–Crippen MR) is 112 cm³/mol. The van der Waals surface area contributed by atoms with Crippen molar-refractivity contribution in [3.63, 3.8) is 0 Å². The summed E-state index contributed by atoms with van der Waals surface area (Å²) < 4.78 is 33.4. The van der Waals surface area contributed by atoms with Crippen LogP contribution in [0, 0.1) is 6.92 Å². The van der Waals surface area contributed by atoms with Crippen molar-refractivity contribution < 1.29 is 13.2 Å². The number of methoxy groups -OCH3 is 1. The summed E-state index contributed by atoms with van der Waals surface area (Å²) in [4.78, 5) is 13.7. The first-order valence-corrected chi connectivity index (χ1v) is 11.0. The molecule has 150 valence electrons. The minimum atomic E-state index is -3.51. The van der Waals surface area contributed by atoms with Gasteiger partial charge in [-0.15, -0.1) is 0 Å². The maximum absolute atomic E-state index is 11.9. The molecule has 0 amide bonds. The van der Waals surface area contributed by atoms with Crippen molar-refractivity contribution in [2.75, 3.05) is 18.1 Å². The number of nitrogens with one attached hydrogen (secondary N) is 1. The van der Waals surface area contributed by atoms with E-state index >= 15 is 0 Å². The van der Waals surface area contributed by atoms with Crippen LogP contribution in [0.15, 0.2) is 42.5 Å². The number of sulfonamides is 1. The van der Waals surface area contributed by atoms with Gasteiger partial charge in [-0.25, -0.2) is 18.4 Å². The molecule has 4 aromatic rings. The number of aryl methyl sites for hydroxylation is 3. The number of benzene rings is 1. The molecule has 9 heteroatoms. The molecule has 0 aliphatic rings. The summed E-state index contributed by atoms with van der Waals surface area (Å²) in [6.07, 6.45) is 2.56. The quantitative estimate of drug-likeness (QED) is 0.524. The van der Waals surface area contributed by atoms with Crippen molar-refractivity contribution >= 4 is 32.5 Å². The lowest BCUT2D eigenvalue weighted by Gasteiger charge is -2.11. The fraction of sp³-hybridized carbons (Fsp3) is 0.250. The number of anilines is 1. The molecule has 0 spiro atoms. The first-order valence-electron chi connectivity index (χ1n) is 9.10. The zero-order valence-corrected chi connectivity index (χ0v) is 17.2. The predicted octanol–water partition coefficient (Wildman–Crippen LogP) is 2.75. The van der Waals surface area contributed by atoms with Crippen LogP contribution in [0.2, 0.25) is 0 Å². The molecule has 8 nitrogen and oxygen atoms in total. The van der Waals surface area contributed by atoms with Crippen molar-refractivity contribution in [2.24, 2.45) is 0 Å². The van der Waals surface area contributed by atoms with Crippen LogP contribution in [0.4, 0.5) is 5.82 Å². The van der Waals surface area contributed by atoms with Gasteiger partial charge >= 0.3 is 0 Å². The standard InChI is InChI=1S/C20H21N5O3S/c1-13-18-19(24-29(3,26)27)22-15-10-12-17(28-2)23-20(15)25(18)16(21-13)11-9-14-7-5-4-6-8-14/h4-8,10,12H,9,11H2,1-3H3,(H,22,24). The smallest absolute Gasteiger partial charge is 0.231 e. The number of imidazole rings is 1. The lowest BCUT2D eigenvalue weighted by molar-refractivity contribution is 0.399. The van der Waals surface area contributed by atoms with Crippen molar-refractivity contribution in [1.82, 2.24) is 19.4 Å². The summed E-state index contributed by atoms with van der Waals surface area (Å²) in [6.45, 7) is 1.84. The molecule has 0 atom stereocenters. The van der Waals surface area contributed by atoms with E-state index in [1.165, 1.54) is 5.56 Å². The minimum absolute atomic E-state index is 0.239. The second-order valence-electron chi connectivity index (χ2n) is 6.81. The van der Waals surface area contributed by atoms with E-state index in [1.807, 2.05) is 29.5 Å². The van der Waals surface area contributed by atoms with Crippen LogP contribution >= 0.6 is 0 Å². The molecule has 3 heterocycles. The third-order valence-electron chi connectivity index (χ3n) is 4.59. The summed E-state index contributed by atoms with van der Waals surface area (Å²) in [7, 11) is -1.96. The average Bonchev–Trinajstić information content (AvgIpc) is 3.03. The second kappa shape index (κ2) is 7.32. The van der Waals surface area contributed by atoms with Gasteiger partial charge in [-0.2, -0.15) is 4.98 Å². The van der Waals surface area contributed by atoms with Gasteiger partial charge in [0.1, 0.15) is 16.9 Å². The zero-order valence-electron chi connectivity index (χ0n) is 16.4. The Morgan fingerprint density at radius 1 is 1.03 bits per heavy atom. The summed E-state index contributed by atoms with van der Waals surface area (Å²) in [5.74, 6) is 1.47. The summed E-state index contributed by atoms with van der Waals surface area (Å²) in [5, 5.41) is 0. The number of hydrogen-bond acceptors (Lipinski definition) is 6. The van der Waals surface area contributed by atoms with Crippen LogP contribution in [-0.4, -0.2) is 41.1 Å². The maximum atomic E-state index is 11.9. The van der Waals surface area contributed by atoms with Crippen molar-refractivity contribution in [3.8, 4) is 5.88 Å². The third-order valence-corrected chi connectivity index (χ3v) is 5.15. The van der Waals surface area contributed by atoms with Gasteiger partial charge in [0, 0.05) is 12.5 Å². The van der Waals surface area contributed by atoms with Crippen LogP contribution in [0.5, 0.6) is 5.88 Å². The monoisotopic (exact) mass is 411 g/mol. The molecule has 1 aromatic carbocycles. The first-order chi connectivity index (χ1) is 13.9. The van der Waals surface area contributed by atoms with Gasteiger partial charge in [0.15, 0.2) is 11.5 Å². The number of ether oxygens (including phenoxy) is 1. The van der Waals surface area contributed by atoms with E-state index in [2.05, 4.69) is 26.8 Å². The highest BCUT2D eigenvalue weighted by Crippen LogP contribution is 2.27. The molecule has 1 N–H and O–H groups in total. The van der Waals surface area contributed by atoms with Crippen LogP contribution in [0.3, 0.4) is 0 Å². The average molecular weight is 411 g/mol. The molecular formula is C20H21N5O3S. The number of rotatable bonds is 6. The minimum Gasteiger partial charge on any atom is -0.481 e. The van der Waals surface area contributed by atoms with Gasteiger partial charge in [-0.1, -0.05) is 30.3 Å². The molecule has 0 saturated carbocycles. The highest BCUT2D eigenvalue weighted by Gasteiger charge is 2.20. The summed E-state index contributed by atoms with van der Waals surface area (Å²) >= 11 is 0. The van der Waals surface area contributed by atoms with Gasteiger partial charge in [0.25, 0.3) is 0 Å². The molecule has 0 aliphatic carbocycles. The Morgan fingerprint density at radius 3 is 2.48 bits per heavy atom. The van der Waals surface area contributed by atoms with Gasteiger partial charge in [0.05, 0.1) is 19.1 Å². The van der Waals surface area contributed by atoms with Crippen molar-refractivity contribution in [3.05, 3.63) is 59.5 Å². The third kappa shape index (κ3) is 3.86. The van der Waals surface area contributed by atoms with E-state index in [-0.39, 0.29) is 5.82 Å². The summed E-state index contributed by atoms with van der Waals surface area (Å²) in [6, 6.07) is 13.6. The fourth-order valence-corrected chi connectivity index (χ4v) is 3.86. The topological polar surface area (TPSA) is 98.5 Å². The van der Waals surface area contributed by atoms with E-state index in [1.54, 1.807) is 19.2 Å². The largest absolute Gasteiger partial charge is 0.481 e. The highest BCUT2D eigenvalue weighted by atomic mass is 32.2. The van der Waals surface area contributed by atoms with Gasteiger partial charge in [-0.05, 0) is 25.0 Å². The normalized spacial score (nSPS) is 11.8. The molecule has 0 aliphatic heterocycles. The second-order valence-corrected chi connectivity index (χ2v) is 8.56. The Kier molecular flexibility index (Phi) is 4.83. The zero-order chi connectivity index (χ0) is 20.6. The van der Waals surface area contributed by atoms with Crippen LogP contribution in [-0.2, 0) is 22.9 Å². The number of nitrogens with zero attached hydrogens (tertiary/aromatic N) is 4. The molecule has 29 heavy (non-hydrogen) atoms. The lowest BCUT2D eigenvalue weighted by atomic mass is 10.1. The molecule has 0 unspecified atom stereocenters. The van der Waals surface area contributed by atoms with E-state index < -0.39 is 10.0 Å². The van der Waals surface area contributed by atoms with E-state index in [9.17, 15) is 8.42 Å². The van der Waals surface area contributed by atoms with E-state index in [4.69, 9.17) is 9.72 Å². The first kappa shape index (κ1) is 19.1. The Balaban J connectivity index is 1.93. The molecule has 0 saturated heterocycles. The van der Waals surface area contributed by atoms with Crippen LogP contribution < -0.4 is 9.46 Å². The molecular weight excluding hydrogens is 390 g/mol. The van der Waals surface area contributed by atoms with E-state index in [0.29, 0.717) is 34.7 Å². The van der Waals surface area contributed by atoms with Gasteiger partial charge in [0.2, 0.25) is 15.9 Å². The Hall–Kier alpha value is -3.20. The van der Waals surface area contributed by atoms with Crippen molar-refractivity contribution in [2.45, 2.75) is 19.8 Å². The Morgan fingerprint density at radius 2 is 1.79 bits per heavy atom. The van der Waals surface area contributed by atoms with Crippen LogP contribution in [0.25, 0.3) is 16.7 Å². The number of pyridine rings is 1. The number of aromatic nitrogens is 4. The molecule has 4 rings (SSSR count). The Labute approximate surface area is 168 Å². The van der Waals surface area contributed by atoms with Gasteiger partial charge in [-0.3, -0.25) is 9.12 Å². The number of fused-ring (bicyclic) bond motifs is 3. The SMILES string of the molecule is COc1ccc2nc(NS(C)(=O)=O)c3c(C)nc(CCc4ccccc4)n3c2n1. The molecule has 3 aromatic heterocycles. The van der Waals surface area contributed by atoms with Crippen molar-refractivity contribution in [1.29, 1.82) is 0 Å². The molecule has 0 fully saturated rings. The molecule has 0 radical (unpaired) electrons. The van der Waals surface area contributed by atoms with Crippen LogP contribution in [0.1, 0.15) is 17.1 Å². The number of hydrogen-bond donors (Lipinski definition) is 1. The Bertz CT molecular complexity index is 1300.